The van der Waals surface area contributed by atoms with Crippen LogP contribution in [0.4, 0.5) is 13.2 Å². The summed E-state index contributed by atoms with van der Waals surface area (Å²) < 4.78 is 50.0. The molecule has 2 N–H and O–H groups in total. The summed E-state index contributed by atoms with van der Waals surface area (Å²) in [4.78, 5) is 11.2. The number of alkyl halides is 1. The van der Waals surface area contributed by atoms with Crippen molar-refractivity contribution in [1.29, 1.82) is 0 Å². The summed E-state index contributed by atoms with van der Waals surface area (Å²) in [5.41, 5.74) is 0.181. The third-order valence-corrected chi connectivity index (χ3v) is 6.75. The van der Waals surface area contributed by atoms with Crippen LogP contribution in [0.3, 0.4) is 0 Å². The molecular weight excluding hydrogens is 499 g/mol. The molecule has 0 spiro atoms. The normalized spacial score (nSPS) is 20.6. The van der Waals surface area contributed by atoms with Crippen LogP contribution in [0, 0.1) is 11.6 Å². The van der Waals surface area contributed by atoms with Crippen LogP contribution in [0.25, 0.3) is 11.3 Å². The molecule has 2 aromatic carbocycles. The van der Waals surface area contributed by atoms with Crippen molar-refractivity contribution in [1.82, 2.24) is 15.8 Å². The number of piperidine rings is 1. The number of benzene rings is 2. The number of aromatic nitrogens is 1. The zero-order chi connectivity index (χ0) is 23.6. The van der Waals surface area contributed by atoms with Gasteiger partial charge in [0.2, 0.25) is 5.91 Å². The van der Waals surface area contributed by atoms with Crippen molar-refractivity contribution in [3.63, 3.8) is 0 Å². The van der Waals surface area contributed by atoms with Gasteiger partial charge in [-0.25, -0.2) is 13.2 Å². The quantitative estimate of drug-likeness (QED) is 0.478. The lowest BCUT2D eigenvalue weighted by Crippen LogP contribution is -2.44. The number of rotatable bonds is 6. The van der Waals surface area contributed by atoms with E-state index in [4.69, 9.17) is 4.52 Å². The van der Waals surface area contributed by atoms with E-state index < -0.39 is 23.2 Å². The monoisotopic (exact) mass is 521 g/mol. The molecule has 33 heavy (non-hydrogen) atoms. The molecule has 1 saturated heterocycles. The van der Waals surface area contributed by atoms with Gasteiger partial charge < -0.3 is 15.2 Å². The summed E-state index contributed by atoms with van der Waals surface area (Å²) >= 11 is 3.54. The van der Waals surface area contributed by atoms with Gasteiger partial charge in [0.05, 0.1) is 10.4 Å². The molecule has 3 aromatic rings. The van der Waals surface area contributed by atoms with Gasteiger partial charge in [-0.1, -0.05) is 35.5 Å². The number of carbonyl (C=O) groups excluding carboxylic acids is 1. The Bertz CT molecular complexity index is 1170. The van der Waals surface area contributed by atoms with Gasteiger partial charge in [-0.3, -0.25) is 4.79 Å². The Labute approximate surface area is 197 Å². The van der Waals surface area contributed by atoms with E-state index in [-0.39, 0.29) is 24.4 Å². The number of nitrogens with zero attached hydrogens (tertiary/aromatic N) is 1. The Morgan fingerprint density at radius 2 is 2.06 bits per heavy atom. The van der Waals surface area contributed by atoms with Gasteiger partial charge in [-0.05, 0) is 58.6 Å². The van der Waals surface area contributed by atoms with Crippen molar-refractivity contribution in [2.24, 2.45) is 0 Å². The summed E-state index contributed by atoms with van der Waals surface area (Å²) in [5.74, 6) is -2.56. The second kappa shape index (κ2) is 9.69. The van der Waals surface area contributed by atoms with Gasteiger partial charge in [0, 0.05) is 25.6 Å². The fourth-order valence-electron chi connectivity index (χ4n) is 4.27. The summed E-state index contributed by atoms with van der Waals surface area (Å²) in [6.07, 6.45) is 0.649. The van der Waals surface area contributed by atoms with Crippen LogP contribution in [0.1, 0.15) is 36.1 Å². The van der Waals surface area contributed by atoms with Gasteiger partial charge >= 0.3 is 0 Å². The standard InChI is InChI=1S/C24H23BrF3N3O2/c1-14(32)30-10-8-15-4-2-3-5-17(15)23-21(25)22(31-33-23)18-13-29-11-9-24(18,28)16-6-7-19(26)20(27)12-16/h2-7,12,18,29H,8-11,13H2,1H3,(H,30,32)/t18-,24+/m1/s1. The molecule has 1 aromatic heterocycles. The highest BCUT2D eigenvalue weighted by molar-refractivity contribution is 9.10. The first-order valence-electron chi connectivity index (χ1n) is 10.6. The first-order chi connectivity index (χ1) is 15.8. The lowest BCUT2D eigenvalue weighted by Gasteiger charge is -2.37. The van der Waals surface area contributed by atoms with Gasteiger partial charge in [-0.2, -0.15) is 0 Å². The number of halogens is 4. The highest BCUT2D eigenvalue weighted by Crippen LogP contribution is 2.48. The van der Waals surface area contributed by atoms with E-state index in [2.05, 4.69) is 31.7 Å². The first-order valence-corrected chi connectivity index (χ1v) is 11.4. The number of hydrogen-bond donors (Lipinski definition) is 2. The molecule has 1 aliphatic heterocycles. The SMILES string of the molecule is CC(=O)NCCc1ccccc1-c1onc([C@H]2CNCC[C@]2(F)c2ccc(F)c(F)c2)c1Br. The molecule has 1 fully saturated rings. The molecule has 0 bridgehead atoms. The zero-order valence-corrected chi connectivity index (χ0v) is 19.5. The number of carbonyl (C=O) groups is 1. The Morgan fingerprint density at radius 3 is 2.82 bits per heavy atom. The maximum atomic E-state index is 16.4. The van der Waals surface area contributed by atoms with Crippen LogP contribution in [0.15, 0.2) is 51.5 Å². The lowest BCUT2D eigenvalue weighted by atomic mass is 9.76. The molecule has 0 aliphatic carbocycles. The molecule has 9 heteroatoms. The molecule has 0 radical (unpaired) electrons. The second-order valence-electron chi connectivity index (χ2n) is 8.10. The molecule has 1 aliphatic rings. The maximum Gasteiger partial charge on any atom is 0.216 e. The largest absolute Gasteiger partial charge is 0.356 e. The molecule has 2 heterocycles. The van der Waals surface area contributed by atoms with E-state index in [1.807, 2.05) is 24.3 Å². The maximum absolute atomic E-state index is 16.4. The average Bonchev–Trinajstić information content (AvgIpc) is 3.17. The summed E-state index contributed by atoms with van der Waals surface area (Å²) in [7, 11) is 0. The van der Waals surface area contributed by atoms with E-state index in [9.17, 15) is 13.6 Å². The predicted octanol–water partition coefficient (Wildman–Crippen LogP) is 5.00. The third-order valence-electron chi connectivity index (χ3n) is 5.99. The third kappa shape index (κ3) is 4.70. The smallest absolute Gasteiger partial charge is 0.216 e. The molecule has 174 valence electrons. The lowest BCUT2D eigenvalue weighted by molar-refractivity contribution is -0.118. The van der Waals surface area contributed by atoms with Crippen LogP contribution in [-0.4, -0.2) is 30.7 Å². The van der Waals surface area contributed by atoms with E-state index in [0.29, 0.717) is 35.4 Å². The Kier molecular flexibility index (Phi) is 6.90. The molecule has 1 amide bonds. The fourth-order valence-corrected chi connectivity index (χ4v) is 4.91. The molecule has 0 saturated carbocycles. The van der Waals surface area contributed by atoms with Crippen molar-refractivity contribution in [2.45, 2.75) is 31.4 Å². The predicted molar refractivity (Wildman–Crippen MR) is 121 cm³/mol. The van der Waals surface area contributed by atoms with Crippen molar-refractivity contribution in [2.75, 3.05) is 19.6 Å². The molecule has 0 unspecified atom stereocenters. The van der Waals surface area contributed by atoms with Crippen LogP contribution >= 0.6 is 15.9 Å². The molecular formula is C24H23BrF3N3O2. The number of nitrogens with one attached hydrogen (secondary N) is 2. The van der Waals surface area contributed by atoms with E-state index >= 15 is 4.39 Å². The van der Waals surface area contributed by atoms with Gasteiger partial charge in [0.25, 0.3) is 0 Å². The number of amides is 1. The molecule has 4 rings (SSSR count). The van der Waals surface area contributed by atoms with Crippen LogP contribution in [-0.2, 0) is 16.9 Å². The van der Waals surface area contributed by atoms with Gasteiger partial charge in [0.1, 0.15) is 11.4 Å². The molecule has 2 atom stereocenters. The van der Waals surface area contributed by atoms with Gasteiger partial charge in [0.15, 0.2) is 17.4 Å². The molecule has 5 nitrogen and oxygen atoms in total. The van der Waals surface area contributed by atoms with Crippen LogP contribution < -0.4 is 10.6 Å². The Hall–Kier alpha value is -2.65. The van der Waals surface area contributed by atoms with Crippen LogP contribution in [0.2, 0.25) is 0 Å². The van der Waals surface area contributed by atoms with E-state index in [1.165, 1.54) is 13.0 Å². The average molecular weight is 522 g/mol. The highest BCUT2D eigenvalue weighted by Gasteiger charge is 2.46. The highest BCUT2D eigenvalue weighted by atomic mass is 79.9. The first kappa shape index (κ1) is 23.5. The van der Waals surface area contributed by atoms with Crippen LogP contribution in [0.5, 0.6) is 0 Å². The van der Waals surface area contributed by atoms with E-state index in [1.54, 1.807) is 0 Å². The van der Waals surface area contributed by atoms with Gasteiger partial charge in [-0.15, -0.1) is 0 Å². The van der Waals surface area contributed by atoms with Crippen molar-refractivity contribution < 1.29 is 22.5 Å². The summed E-state index contributed by atoms with van der Waals surface area (Å²) in [6.45, 7) is 2.56. The van der Waals surface area contributed by atoms with Crippen molar-refractivity contribution in [3.8, 4) is 11.3 Å². The minimum Gasteiger partial charge on any atom is -0.356 e. The topological polar surface area (TPSA) is 67.2 Å². The minimum absolute atomic E-state index is 0.0695. The zero-order valence-electron chi connectivity index (χ0n) is 17.9. The number of hydrogen-bond acceptors (Lipinski definition) is 4. The minimum atomic E-state index is -1.96. The Balaban J connectivity index is 1.70. The summed E-state index contributed by atoms with van der Waals surface area (Å²) in [6, 6.07) is 10.7. The van der Waals surface area contributed by atoms with E-state index in [0.717, 1.165) is 23.3 Å². The van der Waals surface area contributed by atoms with Crippen molar-refractivity contribution >= 4 is 21.8 Å². The second-order valence-corrected chi connectivity index (χ2v) is 8.89. The Morgan fingerprint density at radius 1 is 1.27 bits per heavy atom. The fraction of sp³-hybridized carbons (Fsp3) is 0.333. The van der Waals surface area contributed by atoms with Crippen molar-refractivity contribution in [3.05, 3.63) is 75.4 Å². The summed E-state index contributed by atoms with van der Waals surface area (Å²) in [5, 5.41) is 10.1.